The molecule has 0 atom stereocenters. The van der Waals surface area contributed by atoms with Crippen LogP contribution in [0.1, 0.15) is 60.2 Å². The first-order valence-electron chi connectivity index (χ1n) is 8.94. The molecule has 3 aromatic rings. The highest BCUT2D eigenvalue weighted by Crippen LogP contribution is 2.24. The van der Waals surface area contributed by atoms with Crippen LogP contribution < -0.4 is 0 Å². The van der Waals surface area contributed by atoms with E-state index in [1.54, 1.807) is 0 Å². The maximum Gasteiger partial charge on any atom is 0.355 e. The van der Waals surface area contributed by atoms with E-state index in [-0.39, 0.29) is 12.6 Å². The molecular formula is C22H24N2O3. The first kappa shape index (κ1) is 18.7. The number of carbonyl (C=O) groups excluding carboxylic acids is 2. The quantitative estimate of drug-likeness (QED) is 0.505. The van der Waals surface area contributed by atoms with Crippen LogP contribution in [0.25, 0.3) is 0 Å². The third-order valence-corrected chi connectivity index (χ3v) is 5.26. The van der Waals surface area contributed by atoms with Gasteiger partial charge in [0.05, 0.1) is 5.69 Å². The van der Waals surface area contributed by atoms with Crippen LogP contribution in [-0.2, 0) is 17.8 Å². The Balaban J connectivity index is 1.79. The Hall–Kier alpha value is -3.08. The van der Waals surface area contributed by atoms with Crippen molar-refractivity contribution in [2.45, 2.75) is 40.7 Å². The zero-order valence-corrected chi connectivity index (χ0v) is 16.1. The van der Waals surface area contributed by atoms with Crippen molar-refractivity contribution < 1.29 is 14.3 Å². The van der Waals surface area contributed by atoms with Crippen molar-refractivity contribution in [2.75, 3.05) is 0 Å². The summed E-state index contributed by atoms with van der Waals surface area (Å²) in [5.74, 6) is -0.362. The fourth-order valence-electron chi connectivity index (χ4n) is 3.18. The summed E-state index contributed by atoms with van der Waals surface area (Å²) in [7, 11) is 0. The van der Waals surface area contributed by atoms with Crippen LogP contribution in [0.3, 0.4) is 0 Å². The van der Waals surface area contributed by atoms with Crippen molar-refractivity contribution in [3.05, 3.63) is 80.9 Å². The zero-order chi connectivity index (χ0) is 19.6. The molecule has 0 saturated heterocycles. The van der Waals surface area contributed by atoms with Gasteiger partial charge in [0, 0.05) is 17.8 Å². The van der Waals surface area contributed by atoms with Crippen molar-refractivity contribution in [3.8, 4) is 0 Å². The maximum absolute atomic E-state index is 12.5. The number of aromatic nitrogens is 2. The average molecular weight is 364 g/mol. The summed E-state index contributed by atoms with van der Waals surface area (Å²) in [4.78, 5) is 30.1. The fraction of sp³-hybridized carbons (Fsp3) is 0.273. The number of aldehydes is 1. The molecule has 2 N–H and O–H groups in total. The number of hydrogen-bond donors (Lipinski definition) is 2. The van der Waals surface area contributed by atoms with Gasteiger partial charge in [-0.3, -0.25) is 4.79 Å². The van der Waals surface area contributed by atoms with Gasteiger partial charge in [-0.2, -0.15) is 0 Å². The topological polar surface area (TPSA) is 75.0 Å². The van der Waals surface area contributed by atoms with Crippen molar-refractivity contribution >= 4 is 12.3 Å². The highest BCUT2D eigenvalue weighted by molar-refractivity contribution is 5.89. The number of carbonyl (C=O) groups is 2. The smallest absolute Gasteiger partial charge is 0.355 e. The highest BCUT2D eigenvalue weighted by atomic mass is 16.5. The van der Waals surface area contributed by atoms with Gasteiger partial charge in [-0.25, -0.2) is 4.79 Å². The van der Waals surface area contributed by atoms with Crippen LogP contribution in [0.15, 0.2) is 30.3 Å². The Morgan fingerprint density at radius 2 is 1.56 bits per heavy atom. The van der Waals surface area contributed by atoms with E-state index in [0.29, 0.717) is 17.8 Å². The Morgan fingerprint density at radius 3 is 2.19 bits per heavy atom. The largest absolute Gasteiger partial charge is 0.456 e. The van der Waals surface area contributed by atoms with E-state index in [1.807, 2.05) is 58.0 Å². The monoisotopic (exact) mass is 364 g/mol. The van der Waals surface area contributed by atoms with E-state index in [9.17, 15) is 9.59 Å². The van der Waals surface area contributed by atoms with Crippen molar-refractivity contribution in [3.63, 3.8) is 0 Å². The van der Waals surface area contributed by atoms with Gasteiger partial charge >= 0.3 is 5.97 Å². The van der Waals surface area contributed by atoms with E-state index < -0.39 is 0 Å². The van der Waals surface area contributed by atoms with Crippen molar-refractivity contribution in [1.29, 1.82) is 0 Å². The molecule has 27 heavy (non-hydrogen) atoms. The normalized spacial score (nSPS) is 10.8. The van der Waals surface area contributed by atoms with Crippen LogP contribution in [-0.4, -0.2) is 22.2 Å². The van der Waals surface area contributed by atoms with Gasteiger partial charge in [0.15, 0.2) is 6.29 Å². The first-order chi connectivity index (χ1) is 12.9. The van der Waals surface area contributed by atoms with Gasteiger partial charge in [0.2, 0.25) is 0 Å². The summed E-state index contributed by atoms with van der Waals surface area (Å²) in [6, 6.07) is 9.61. The molecule has 0 saturated carbocycles. The molecular weight excluding hydrogens is 340 g/mol. The lowest BCUT2D eigenvalue weighted by Crippen LogP contribution is -2.07. The average Bonchev–Trinajstić information content (AvgIpc) is 3.12. The standard InChI is InChI=1S/C22H24N2O3/c1-13-14(2)20(11-25)23-18(13)10-19-15(3)16(4)21(24-19)22(26)27-12-17-8-6-5-7-9-17/h5-9,11,23-24H,10,12H2,1-4H3. The van der Waals surface area contributed by atoms with Gasteiger partial charge < -0.3 is 14.7 Å². The maximum atomic E-state index is 12.5. The minimum absolute atomic E-state index is 0.240. The molecule has 2 heterocycles. The number of aromatic amines is 2. The van der Waals surface area contributed by atoms with Crippen LogP contribution in [0, 0.1) is 27.7 Å². The minimum atomic E-state index is -0.362. The number of H-pyrrole nitrogens is 2. The molecule has 3 rings (SSSR count). The van der Waals surface area contributed by atoms with Crippen molar-refractivity contribution in [1.82, 2.24) is 9.97 Å². The fourth-order valence-corrected chi connectivity index (χ4v) is 3.18. The number of esters is 1. The summed E-state index contributed by atoms with van der Waals surface area (Å²) < 4.78 is 5.45. The van der Waals surface area contributed by atoms with Gasteiger partial charge in [0.1, 0.15) is 12.3 Å². The molecule has 0 spiro atoms. The van der Waals surface area contributed by atoms with Crippen LogP contribution >= 0.6 is 0 Å². The predicted octanol–water partition coefficient (Wildman–Crippen LogP) is 4.34. The van der Waals surface area contributed by atoms with Gasteiger partial charge in [-0.15, -0.1) is 0 Å². The lowest BCUT2D eigenvalue weighted by Gasteiger charge is -2.04. The second-order valence-corrected chi connectivity index (χ2v) is 6.85. The number of benzene rings is 1. The van der Waals surface area contributed by atoms with Crippen LogP contribution in [0.2, 0.25) is 0 Å². The van der Waals surface area contributed by atoms with Crippen LogP contribution in [0.5, 0.6) is 0 Å². The summed E-state index contributed by atoms with van der Waals surface area (Å²) in [5, 5.41) is 0. The molecule has 0 fully saturated rings. The van der Waals surface area contributed by atoms with Gasteiger partial charge in [-0.1, -0.05) is 30.3 Å². The number of rotatable bonds is 6. The Kier molecular flexibility index (Phi) is 5.31. The predicted molar refractivity (Wildman–Crippen MR) is 104 cm³/mol. The lowest BCUT2D eigenvalue weighted by atomic mass is 10.1. The molecule has 2 aromatic heterocycles. The van der Waals surface area contributed by atoms with E-state index >= 15 is 0 Å². The number of ether oxygens (including phenoxy) is 1. The Labute approximate surface area is 158 Å². The Morgan fingerprint density at radius 1 is 0.926 bits per heavy atom. The van der Waals surface area contributed by atoms with E-state index in [1.165, 1.54) is 0 Å². The molecule has 0 aliphatic heterocycles. The third-order valence-electron chi connectivity index (χ3n) is 5.26. The second-order valence-electron chi connectivity index (χ2n) is 6.85. The highest BCUT2D eigenvalue weighted by Gasteiger charge is 2.20. The van der Waals surface area contributed by atoms with E-state index in [2.05, 4.69) is 9.97 Å². The molecule has 1 aromatic carbocycles. The van der Waals surface area contributed by atoms with E-state index in [4.69, 9.17) is 4.74 Å². The Bertz CT molecular complexity index is 981. The van der Waals surface area contributed by atoms with Gasteiger partial charge in [-0.05, 0) is 55.5 Å². The molecule has 0 radical (unpaired) electrons. The van der Waals surface area contributed by atoms with Crippen LogP contribution in [0.4, 0.5) is 0 Å². The molecule has 0 unspecified atom stereocenters. The summed E-state index contributed by atoms with van der Waals surface area (Å²) in [6.07, 6.45) is 1.43. The third kappa shape index (κ3) is 3.72. The minimum Gasteiger partial charge on any atom is -0.456 e. The molecule has 140 valence electrons. The second kappa shape index (κ2) is 7.66. The molecule has 5 heteroatoms. The molecule has 5 nitrogen and oxygen atoms in total. The molecule has 0 bridgehead atoms. The van der Waals surface area contributed by atoms with Crippen molar-refractivity contribution in [2.24, 2.45) is 0 Å². The summed E-state index contributed by atoms with van der Waals surface area (Å²) in [6.45, 7) is 8.07. The zero-order valence-electron chi connectivity index (χ0n) is 16.1. The lowest BCUT2D eigenvalue weighted by molar-refractivity contribution is 0.0465. The molecule has 0 aliphatic rings. The van der Waals surface area contributed by atoms with Gasteiger partial charge in [0.25, 0.3) is 0 Å². The summed E-state index contributed by atoms with van der Waals surface area (Å²) in [5.41, 5.74) is 7.90. The van der Waals surface area contributed by atoms with E-state index in [0.717, 1.165) is 45.5 Å². The summed E-state index contributed by atoms with van der Waals surface area (Å²) >= 11 is 0. The first-order valence-corrected chi connectivity index (χ1v) is 8.94. The molecule has 0 amide bonds. The number of hydrogen-bond acceptors (Lipinski definition) is 3. The number of nitrogens with one attached hydrogen (secondary N) is 2. The molecule has 0 aliphatic carbocycles. The SMILES string of the molecule is Cc1c(C=O)[nH]c(Cc2[nH]c(C(=O)OCc3ccccc3)c(C)c2C)c1C.